The molecule has 10 rings (SSSR count). The first-order valence-electron chi connectivity index (χ1n) is 25.6. The Labute approximate surface area is 438 Å². The molecule has 394 valence electrons. The first-order valence-corrected chi connectivity index (χ1v) is 28.9. The molecule has 18 heteroatoms. The molecule has 0 bridgehead atoms. The van der Waals surface area contributed by atoms with Gasteiger partial charge in [0.2, 0.25) is 24.8 Å². The number of amides is 2. The molecule has 75 heavy (non-hydrogen) atoms. The van der Waals surface area contributed by atoms with Crippen LogP contribution in [-0.4, -0.2) is 102 Å². The number of benzene rings is 4. The first kappa shape index (κ1) is 52.1. The molecule has 2 amide bonds. The normalized spacial score (nSPS) is 18.9. The molecule has 4 aromatic carbocycles. The second-order valence-electron chi connectivity index (χ2n) is 22.2. The number of fused-ring (bicyclic) bond motifs is 4. The van der Waals surface area contributed by atoms with Crippen LogP contribution >= 0.6 is 0 Å². The van der Waals surface area contributed by atoms with Crippen molar-refractivity contribution in [1.29, 1.82) is 0 Å². The van der Waals surface area contributed by atoms with Crippen LogP contribution in [0.4, 0.5) is 9.59 Å². The summed E-state index contributed by atoms with van der Waals surface area (Å²) < 4.78 is 82.0. The lowest BCUT2D eigenvalue weighted by atomic mass is 9.87. The van der Waals surface area contributed by atoms with E-state index in [1.54, 1.807) is 21.9 Å². The minimum atomic E-state index is -4.47. The highest BCUT2D eigenvalue weighted by Crippen LogP contribution is 2.43. The van der Waals surface area contributed by atoms with Crippen LogP contribution in [0.1, 0.15) is 135 Å². The molecule has 0 aliphatic carbocycles. The number of sulfone groups is 2. The van der Waals surface area contributed by atoms with E-state index in [1.165, 1.54) is 0 Å². The molecule has 16 nitrogen and oxygen atoms in total. The maximum atomic E-state index is 15.5. The zero-order valence-electron chi connectivity index (χ0n) is 44.0. The maximum Gasteiger partial charge on any atom is 0.410 e. The Balaban J connectivity index is 1.03. The Morgan fingerprint density at radius 3 is 1.83 bits per heavy atom. The topological polar surface area (TPSA) is 197 Å². The summed E-state index contributed by atoms with van der Waals surface area (Å²) in [5.41, 5.74) is 6.53. The molecule has 4 aliphatic heterocycles. The monoisotopic (exact) mass is 1060 g/mol. The summed E-state index contributed by atoms with van der Waals surface area (Å²) >= 11 is 0. The number of carbonyl (C=O) groups is 2. The number of piperidine rings is 1. The van der Waals surface area contributed by atoms with Gasteiger partial charge in [-0.1, -0.05) is 60.7 Å². The summed E-state index contributed by atoms with van der Waals surface area (Å²) in [6.07, 6.45) is 2.88. The minimum absolute atomic E-state index is 0.0325. The van der Waals surface area contributed by atoms with Crippen LogP contribution in [0.3, 0.4) is 0 Å². The molecule has 1 fully saturated rings. The number of hydrogen-bond donors (Lipinski definition) is 0. The highest BCUT2D eigenvalue weighted by atomic mass is 32.2. The van der Waals surface area contributed by atoms with E-state index in [-0.39, 0.29) is 53.7 Å². The second-order valence-corrected chi connectivity index (χ2v) is 26.0. The summed E-state index contributed by atoms with van der Waals surface area (Å²) in [7, 11) is -8.33. The third-order valence-corrected chi connectivity index (χ3v) is 16.8. The average molecular weight is 1060 g/mol. The van der Waals surface area contributed by atoms with Gasteiger partial charge in [0, 0.05) is 62.3 Å². The number of nitrogens with zero attached hydrogens (tertiary/aromatic N) is 6. The van der Waals surface area contributed by atoms with E-state index >= 15 is 8.42 Å². The molecule has 0 N–H and O–H groups in total. The van der Waals surface area contributed by atoms with Crippen LogP contribution in [0.5, 0.6) is 0 Å². The molecule has 2 aromatic heterocycles. The Morgan fingerprint density at radius 1 is 0.653 bits per heavy atom. The van der Waals surface area contributed by atoms with Crippen LogP contribution < -0.4 is 0 Å². The summed E-state index contributed by atoms with van der Waals surface area (Å²) in [5, 5.41) is 2.96. The van der Waals surface area contributed by atoms with Crippen molar-refractivity contribution in [2.75, 3.05) is 32.4 Å². The number of aryl methyl sites for hydroxylation is 2. The van der Waals surface area contributed by atoms with Crippen molar-refractivity contribution in [2.45, 2.75) is 145 Å². The van der Waals surface area contributed by atoms with Gasteiger partial charge in [0.05, 0.1) is 53.1 Å². The van der Waals surface area contributed by atoms with Crippen molar-refractivity contribution >= 4 is 59.0 Å². The molecule has 6 heterocycles. The Kier molecular flexibility index (Phi) is 13.7. The van der Waals surface area contributed by atoms with Gasteiger partial charge in [0.15, 0.2) is 0 Å². The van der Waals surface area contributed by atoms with Gasteiger partial charge in [-0.15, -0.1) is 0 Å². The summed E-state index contributed by atoms with van der Waals surface area (Å²) in [6, 6.07) is 21.3. The fourth-order valence-electron chi connectivity index (χ4n) is 10.8. The van der Waals surface area contributed by atoms with Gasteiger partial charge in [0.25, 0.3) is 5.16 Å². The zero-order valence-corrected chi connectivity index (χ0v) is 45.7. The number of aromatic nitrogens is 4. The minimum Gasteiger partial charge on any atom is -0.444 e. The molecule has 0 spiro atoms. The van der Waals surface area contributed by atoms with Crippen molar-refractivity contribution < 1.29 is 45.4 Å². The summed E-state index contributed by atoms with van der Waals surface area (Å²) in [6.45, 7) is 16.5. The molecule has 1 saturated heterocycles. The molecule has 6 aromatic rings. The van der Waals surface area contributed by atoms with Gasteiger partial charge in [-0.25, -0.2) is 46.4 Å². The second kappa shape index (κ2) is 19.7. The van der Waals surface area contributed by atoms with Crippen LogP contribution in [0.15, 0.2) is 88.0 Å². The molecule has 4 aliphatic rings. The fraction of sp³-hybridized carbons (Fsp3) is 0.439. The van der Waals surface area contributed by atoms with Crippen LogP contribution in [0.25, 0.3) is 27.1 Å². The van der Waals surface area contributed by atoms with Crippen molar-refractivity contribution in [3.8, 4) is 0 Å². The predicted molar refractivity (Wildman–Crippen MR) is 283 cm³/mol. The lowest BCUT2D eigenvalue weighted by Gasteiger charge is -2.35. The van der Waals surface area contributed by atoms with Crippen molar-refractivity contribution in [3.63, 3.8) is 0 Å². The van der Waals surface area contributed by atoms with Crippen molar-refractivity contribution in [3.05, 3.63) is 129 Å². The van der Waals surface area contributed by atoms with Crippen molar-refractivity contribution in [1.82, 2.24) is 29.7 Å². The Hall–Kier alpha value is -6.34. The molecular weight excluding hydrogens is 993 g/mol. The SMILES string of the molecule is Cc1cccc2cccc(C3Cc4nc(S(=O)(=O)c5cc(C6Cc7nc(S(C)(=O)=O)nc(C8CCN(C(=O)OC(C)(C)C)CC8)c7CO6)c6c(C)cccc6c5)nc(C5=CCN(C(=O)OC(C)(C)C)CC5)c4CO3)c12. The Bertz CT molecular complexity index is 3550. The number of ether oxygens (including phenoxy) is 4. The van der Waals surface area contributed by atoms with Gasteiger partial charge >= 0.3 is 12.2 Å². The van der Waals surface area contributed by atoms with Gasteiger partial charge in [-0.3, -0.25) is 0 Å². The van der Waals surface area contributed by atoms with E-state index in [4.69, 9.17) is 28.9 Å². The molecule has 2 atom stereocenters. The summed E-state index contributed by atoms with van der Waals surface area (Å²) in [4.78, 5) is 48.5. The van der Waals surface area contributed by atoms with E-state index in [2.05, 4.69) is 41.2 Å². The van der Waals surface area contributed by atoms with Gasteiger partial charge in [-0.05, 0) is 136 Å². The fourth-order valence-corrected chi connectivity index (χ4v) is 12.6. The molecule has 0 saturated carbocycles. The summed E-state index contributed by atoms with van der Waals surface area (Å²) in [5.74, 6) is -0.176. The van der Waals surface area contributed by atoms with E-state index < -0.39 is 55.3 Å². The maximum absolute atomic E-state index is 15.5. The molecular formula is C57H64N6O10S2. The van der Waals surface area contributed by atoms with Gasteiger partial charge in [-0.2, -0.15) is 0 Å². The van der Waals surface area contributed by atoms with Crippen molar-refractivity contribution in [2.24, 2.45) is 0 Å². The van der Waals surface area contributed by atoms with Gasteiger partial charge in [0.1, 0.15) is 11.2 Å². The highest BCUT2D eigenvalue weighted by Gasteiger charge is 2.37. The third-order valence-electron chi connectivity index (χ3n) is 14.4. The zero-order chi connectivity index (χ0) is 53.4. The Morgan fingerprint density at radius 2 is 1.21 bits per heavy atom. The van der Waals surface area contributed by atoms with Crippen LogP contribution in [0.2, 0.25) is 0 Å². The number of carbonyl (C=O) groups excluding carboxylic acids is 2. The lowest BCUT2D eigenvalue weighted by Crippen LogP contribution is -2.41. The number of hydrogen-bond acceptors (Lipinski definition) is 14. The lowest BCUT2D eigenvalue weighted by molar-refractivity contribution is 0.0187. The van der Waals surface area contributed by atoms with E-state index in [0.717, 1.165) is 44.7 Å². The predicted octanol–water partition coefficient (Wildman–Crippen LogP) is 10.2. The van der Waals surface area contributed by atoms with Crippen LogP contribution in [0, 0.1) is 13.8 Å². The molecule has 0 radical (unpaired) electrons. The quantitative estimate of drug-likeness (QED) is 0.137. The average Bonchev–Trinajstić information content (AvgIpc) is 3.37. The smallest absolute Gasteiger partial charge is 0.410 e. The van der Waals surface area contributed by atoms with E-state index in [9.17, 15) is 18.0 Å². The standard InChI is InChI=1S/C57H64N6O10S2/c1-33-13-10-15-35-16-12-18-40(48(33)35)46-29-45-43(31-70-46)51(37-21-25-63(26-22-37)55(65)73-57(6,7)8)61-53(59-45)75(68,69)39-27-38-17-11-14-34(2)49(38)41(28-39)47-30-44-42(32-71-47)50(60-52(58-44)74(9,66)67)36-19-23-62(24-20-36)54(64)72-56(3,4)5/h10-18,21,27-28,36,46-47H,19-20,22-26,29-32H2,1-9H3. The van der Waals surface area contributed by atoms with E-state index in [0.29, 0.717) is 83.7 Å². The number of likely N-dealkylation sites (tertiary alicyclic amines) is 1. The molecule has 2 unspecified atom stereocenters. The van der Waals surface area contributed by atoms with Gasteiger partial charge < -0.3 is 28.7 Å². The first-order chi connectivity index (χ1) is 35.4. The van der Waals surface area contributed by atoms with Crippen LogP contribution in [-0.2, 0) is 64.7 Å². The largest absolute Gasteiger partial charge is 0.444 e. The highest BCUT2D eigenvalue weighted by molar-refractivity contribution is 7.91. The van der Waals surface area contributed by atoms with E-state index in [1.807, 2.05) is 84.9 Å². The number of rotatable bonds is 7. The third kappa shape index (κ3) is 10.6.